The molecule has 1 heterocycles. The van der Waals surface area contributed by atoms with Crippen LogP contribution in [0.15, 0.2) is 48.8 Å². The number of hydrogen-bond donors (Lipinski definition) is 1. The zero-order valence-electron chi connectivity index (χ0n) is 10.8. The van der Waals surface area contributed by atoms with E-state index in [9.17, 15) is 4.79 Å². The standard InChI is InChI=1S/C16H17N2O/c19-16(15-10-6-11-17-13-15)18-12-5-4-9-14-7-2-1-3-8-14/h1-2,6-8,10-11,13H,4-5,9,12H2,(H,18,19). The van der Waals surface area contributed by atoms with Gasteiger partial charge in [0.1, 0.15) is 0 Å². The highest BCUT2D eigenvalue weighted by Crippen LogP contribution is 2.03. The molecule has 2 aromatic rings. The molecule has 0 aliphatic heterocycles. The Labute approximate surface area is 113 Å². The van der Waals surface area contributed by atoms with E-state index in [2.05, 4.69) is 22.4 Å². The monoisotopic (exact) mass is 253 g/mol. The number of pyridine rings is 1. The van der Waals surface area contributed by atoms with Crippen LogP contribution in [0.4, 0.5) is 0 Å². The first kappa shape index (κ1) is 13.3. The molecule has 19 heavy (non-hydrogen) atoms. The fourth-order valence-electron chi connectivity index (χ4n) is 1.84. The van der Waals surface area contributed by atoms with Crippen LogP contribution in [0, 0.1) is 6.07 Å². The molecule has 3 nitrogen and oxygen atoms in total. The Kier molecular flexibility index (Phi) is 5.11. The Morgan fingerprint density at radius 1 is 1.26 bits per heavy atom. The number of nitrogens with zero attached hydrogens (tertiary/aromatic N) is 1. The Bertz CT molecular complexity index is 497. The third-order valence-corrected chi connectivity index (χ3v) is 2.87. The lowest BCUT2D eigenvalue weighted by Crippen LogP contribution is -2.24. The topological polar surface area (TPSA) is 42.0 Å². The quantitative estimate of drug-likeness (QED) is 0.804. The van der Waals surface area contributed by atoms with Gasteiger partial charge in [0.2, 0.25) is 0 Å². The van der Waals surface area contributed by atoms with Gasteiger partial charge in [0.15, 0.2) is 0 Å². The summed E-state index contributed by atoms with van der Waals surface area (Å²) >= 11 is 0. The molecule has 0 saturated heterocycles. The maximum Gasteiger partial charge on any atom is 0.252 e. The van der Waals surface area contributed by atoms with Gasteiger partial charge in [0.05, 0.1) is 5.56 Å². The summed E-state index contributed by atoms with van der Waals surface area (Å²) < 4.78 is 0. The fraction of sp³-hybridized carbons (Fsp3) is 0.250. The van der Waals surface area contributed by atoms with E-state index in [1.807, 2.05) is 18.2 Å². The van der Waals surface area contributed by atoms with Crippen LogP contribution in [0.3, 0.4) is 0 Å². The Morgan fingerprint density at radius 2 is 2.21 bits per heavy atom. The average Bonchev–Trinajstić information content (AvgIpc) is 2.49. The highest BCUT2D eigenvalue weighted by molar-refractivity contribution is 5.93. The molecule has 97 valence electrons. The number of aryl methyl sites for hydroxylation is 1. The molecule has 0 aliphatic rings. The molecule has 0 spiro atoms. The molecule has 1 amide bonds. The number of unbranched alkanes of at least 4 members (excludes halogenated alkanes) is 1. The Hall–Kier alpha value is -2.16. The molecular formula is C16H17N2O. The number of aromatic nitrogens is 1. The first-order valence-corrected chi connectivity index (χ1v) is 6.49. The molecule has 1 aromatic heterocycles. The van der Waals surface area contributed by atoms with Gasteiger partial charge in [-0.1, -0.05) is 24.3 Å². The first-order chi connectivity index (χ1) is 9.36. The summed E-state index contributed by atoms with van der Waals surface area (Å²) in [6.07, 6.45) is 6.30. The minimum atomic E-state index is -0.0545. The van der Waals surface area contributed by atoms with Gasteiger partial charge >= 0.3 is 0 Å². The number of nitrogens with one attached hydrogen (secondary N) is 1. The maximum absolute atomic E-state index is 11.7. The SMILES string of the molecule is O=C(NCCCCc1c[c]ccc1)c1cccnc1. The van der Waals surface area contributed by atoms with Crippen molar-refractivity contribution < 1.29 is 4.79 Å². The number of carbonyl (C=O) groups excluding carboxylic acids is 1. The lowest BCUT2D eigenvalue weighted by Gasteiger charge is -2.05. The zero-order chi connectivity index (χ0) is 13.3. The summed E-state index contributed by atoms with van der Waals surface area (Å²) in [6, 6.07) is 14.6. The molecule has 1 radical (unpaired) electrons. The zero-order valence-corrected chi connectivity index (χ0v) is 10.8. The second-order valence-electron chi connectivity index (χ2n) is 4.37. The van der Waals surface area contributed by atoms with Gasteiger partial charge in [-0.15, -0.1) is 0 Å². The van der Waals surface area contributed by atoms with Gasteiger partial charge in [-0.3, -0.25) is 9.78 Å². The lowest BCUT2D eigenvalue weighted by molar-refractivity contribution is 0.0952. The third kappa shape index (κ3) is 4.54. The van der Waals surface area contributed by atoms with Crippen molar-refractivity contribution in [1.29, 1.82) is 0 Å². The van der Waals surface area contributed by atoms with E-state index >= 15 is 0 Å². The van der Waals surface area contributed by atoms with Gasteiger partial charge in [0.25, 0.3) is 5.91 Å². The van der Waals surface area contributed by atoms with E-state index in [1.165, 1.54) is 5.56 Å². The van der Waals surface area contributed by atoms with E-state index in [0.29, 0.717) is 12.1 Å². The van der Waals surface area contributed by atoms with E-state index < -0.39 is 0 Å². The molecular weight excluding hydrogens is 236 g/mol. The van der Waals surface area contributed by atoms with Crippen LogP contribution in [-0.2, 0) is 6.42 Å². The van der Waals surface area contributed by atoms with Crippen LogP contribution in [0.5, 0.6) is 0 Å². The fourth-order valence-corrected chi connectivity index (χ4v) is 1.84. The number of hydrogen-bond acceptors (Lipinski definition) is 2. The molecule has 0 atom stereocenters. The highest BCUT2D eigenvalue weighted by atomic mass is 16.1. The Balaban J connectivity index is 1.63. The number of carbonyl (C=O) groups is 1. The largest absolute Gasteiger partial charge is 0.352 e. The average molecular weight is 253 g/mol. The molecule has 1 N–H and O–H groups in total. The van der Waals surface area contributed by atoms with Crippen LogP contribution in [0.1, 0.15) is 28.8 Å². The summed E-state index contributed by atoms with van der Waals surface area (Å²) in [6.45, 7) is 0.699. The normalized spacial score (nSPS) is 10.1. The maximum atomic E-state index is 11.7. The van der Waals surface area contributed by atoms with Crippen molar-refractivity contribution in [2.75, 3.05) is 6.54 Å². The molecule has 0 unspecified atom stereocenters. The highest BCUT2D eigenvalue weighted by Gasteiger charge is 2.03. The summed E-state index contributed by atoms with van der Waals surface area (Å²) in [7, 11) is 0. The van der Waals surface area contributed by atoms with Crippen molar-refractivity contribution in [1.82, 2.24) is 10.3 Å². The van der Waals surface area contributed by atoms with Gasteiger partial charge in [-0.25, -0.2) is 0 Å². The molecule has 0 fully saturated rings. The summed E-state index contributed by atoms with van der Waals surface area (Å²) in [5.41, 5.74) is 1.90. The summed E-state index contributed by atoms with van der Waals surface area (Å²) in [5, 5.41) is 2.90. The van der Waals surface area contributed by atoms with Crippen LogP contribution in [0.25, 0.3) is 0 Å². The Morgan fingerprint density at radius 3 is 2.95 bits per heavy atom. The van der Waals surface area contributed by atoms with Gasteiger partial charge in [-0.05, 0) is 43.0 Å². The molecule has 2 rings (SSSR count). The second kappa shape index (κ2) is 7.31. The van der Waals surface area contributed by atoms with Crippen LogP contribution in [-0.4, -0.2) is 17.4 Å². The van der Waals surface area contributed by atoms with Crippen molar-refractivity contribution in [2.45, 2.75) is 19.3 Å². The summed E-state index contributed by atoms with van der Waals surface area (Å²) in [4.78, 5) is 15.6. The molecule has 1 aromatic carbocycles. The minimum absolute atomic E-state index is 0.0545. The molecule has 0 saturated carbocycles. The second-order valence-corrected chi connectivity index (χ2v) is 4.37. The molecule has 0 bridgehead atoms. The van der Waals surface area contributed by atoms with E-state index in [4.69, 9.17) is 0 Å². The van der Waals surface area contributed by atoms with Gasteiger partial charge in [0, 0.05) is 18.9 Å². The predicted octanol–water partition coefficient (Wildman–Crippen LogP) is 2.63. The van der Waals surface area contributed by atoms with E-state index in [0.717, 1.165) is 19.3 Å². The van der Waals surface area contributed by atoms with Crippen molar-refractivity contribution in [3.63, 3.8) is 0 Å². The van der Waals surface area contributed by atoms with Gasteiger partial charge in [-0.2, -0.15) is 0 Å². The molecule has 0 aliphatic carbocycles. The third-order valence-electron chi connectivity index (χ3n) is 2.87. The number of rotatable bonds is 6. The van der Waals surface area contributed by atoms with Crippen molar-refractivity contribution >= 4 is 5.91 Å². The summed E-state index contributed by atoms with van der Waals surface area (Å²) in [5.74, 6) is -0.0545. The smallest absolute Gasteiger partial charge is 0.252 e. The number of amides is 1. The van der Waals surface area contributed by atoms with Crippen molar-refractivity contribution in [3.8, 4) is 0 Å². The minimum Gasteiger partial charge on any atom is -0.352 e. The van der Waals surface area contributed by atoms with Crippen molar-refractivity contribution in [3.05, 3.63) is 66.0 Å². The van der Waals surface area contributed by atoms with E-state index in [-0.39, 0.29) is 5.91 Å². The van der Waals surface area contributed by atoms with Gasteiger partial charge < -0.3 is 5.32 Å². The van der Waals surface area contributed by atoms with Crippen LogP contribution in [0.2, 0.25) is 0 Å². The van der Waals surface area contributed by atoms with Crippen molar-refractivity contribution in [2.24, 2.45) is 0 Å². The van der Waals surface area contributed by atoms with E-state index in [1.54, 1.807) is 24.5 Å². The number of benzene rings is 1. The predicted molar refractivity (Wildman–Crippen MR) is 74.8 cm³/mol. The van der Waals surface area contributed by atoms with Crippen LogP contribution >= 0.6 is 0 Å². The first-order valence-electron chi connectivity index (χ1n) is 6.49. The van der Waals surface area contributed by atoms with Crippen LogP contribution < -0.4 is 5.32 Å². The molecule has 3 heteroatoms. The lowest BCUT2D eigenvalue weighted by atomic mass is 10.1.